The molecule has 8 atom stereocenters. The van der Waals surface area contributed by atoms with Gasteiger partial charge in [0.2, 0.25) is 0 Å². The Morgan fingerprint density at radius 3 is 2.35 bits per heavy atom. The first-order valence-corrected chi connectivity index (χ1v) is 15.9. The lowest BCUT2D eigenvalue weighted by molar-refractivity contribution is -0.219. The molecule has 0 aromatic heterocycles. The number of carbonyl (C=O) groups is 4. The third-order valence-electron chi connectivity index (χ3n) is 11.0. The van der Waals surface area contributed by atoms with Crippen molar-refractivity contribution in [3.63, 3.8) is 0 Å². The van der Waals surface area contributed by atoms with E-state index < -0.39 is 82.1 Å². The predicted molar refractivity (Wildman–Crippen MR) is 169 cm³/mol. The van der Waals surface area contributed by atoms with Crippen LogP contribution in [0.5, 0.6) is 11.5 Å². The third kappa shape index (κ3) is 4.77. The topological polar surface area (TPSA) is 166 Å². The SMILES string of the molecule is COc1cc(CC(=O)OC2=C[C@H]3[C@@H]4C(C)(C)[C@]4(OC(C)=O)[C@H](OC(=O)c4ccccc4)[C@@H](C)[C@]3(O)[C@@H]3C=C(C)C(=O)[C@@]3(O)C2)ccc1O. The van der Waals surface area contributed by atoms with Gasteiger partial charge >= 0.3 is 17.9 Å². The summed E-state index contributed by atoms with van der Waals surface area (Å²) in [5.74, 6) is -6.35. The lowest BCUT2D eigenvalue weighted by Gasteiger charge is -2.52. The van der Waals surface area contributed by atoms with Crippen molar-refractivity contribution in [2.24, 2.45) is 29.1 Å². The minimum Gasteiger partial charge on any atom is -0.504 e. The maximum absolute atomic E-state index is 13.6. The average molecular weight is 661 g/mol. The van der Waals surface area contributed by atoms with Gasteiger partial charge in [-0.2, -0.15) is 0 Å². The summed E-state index contributed by atoms with van der Waals surface area (Å²) in [6.45, 7) is 8.15. The molecule has 254 valence electrons. The number of Topliss-reactive ketones (excluding diaryl/α,β-unsaturated/α-hetero) is 1. The van der Waals surface area contributed by atoms with Crippen LogP contribution in [-0.4, -0.2) is 69.0 Å². The van der Waals surface area contributed by atoms with E-state index in [9.17, 15) is 34.5 Å². The highest BCUT2D eigenvalue weighted by molar-refractivity contribution is 6.05. The van der Waals surface area contributed by atoms with Gasteiger partial charge in [0, 0.05) is 42.4 Å². The first-order chi connectivity index (χ1) is 22.5. The molecule has 0 amide bonds. The summed E-state index contributed by atoms with van der Waals surface area (Å²) in [5.41, 5.74) is -5.40. The fourth-order valence-corrected chi connectivity index (χ4v) is 8.83. The van der Waals surface area contributed by atoms with Gasteiger partial charge in [0.05, 0.1) is 24.7 Å². The fourth-order valence-electron chi connectivity index (χ4n) is 8.83. The monoisotopic (exact) mass is 660 g/mol. The Morgan fingerprint density at radius 1 is 1.02 bits per heavy atom. The largest absolute Gasteiger partial charge is 0.504 e. The molecule has 2 fully saturated rings. The Hall–Kier alpha value is -4.48. The molecule has 0 radical (unpaired) electrons. The van der Waals surface area contributed by atoms with Gasteiger partial charge in [-0.25, -0.2) is 4.79 Å². The molecule has 0 heterocycles. The molecular formula is C37H40O11. The first kappa shape index (κ1) is 33.4. The number of aromatic hydroxyl groups is 1. The molecular weight excluding hydrogens is 620 g/mol. The molecule has 48 heavy (non-hydrogen) atoms. The van der Waals surface area contributed by atoms with Crippen molar-refractivity contribution in [2.75, 3.05) is 7.11 Å². The number of rotatable bonds is 7. The molecule has 11 heteroatoms. The molecule has 3 N–H and O–H groups in total. The van der Waals surface area contributed by atoms with Crippen molar-refractivity contribution >= 4 is 23.7 Å². The second kappa shape index (κ2) is 11.3. The zero-order chi connectivity index (χ0) is 35.0. The number of ketones is 1. The van der Waals surface area contributed by atoms with Crippen LogP contribution < -0.4 is 4.74 Å². The summed E-state index contributed by atoms with van der Waals surface area (Å²) in [4.78, 5) is 53.2. The number of methoxy groups -OCH3 is 1. The smallest absolute Gasteiger partial charge is 0.338 e. The van der Waals surface area contributed by atoms with Crippen LogP contribution in [0.2, 0.25) is 0 Å². The highest BCUT2D eigenvalue weighted by Crippen LogP contribution is 2.77. The Labute approximate surface area is 278 Å². The van der Waals surface area contributed by atoms with Crippen molar-refractivity contribution in [2.45, 2.75) is 70.4 Å². The maximum atomic E-state index is 13.6. The average Bonchev–Trinajstić information content (AvgIpc) is 3.45. The number of hydrogen-bond donors (Lipinski definition) is 3. The van der Waals surface area contributed by atoms with E-state index in [4.69, 9.17) is 18.9 Å². The van der Waals surface area contributed by atoms with Crippen LogP contribution in [0, 0.1) is 29.1 Å². The van der Waals surface area contributed by atoms with Crippen LogP contribution in [0.4, 0.5) is 0 Å². The van der Waals surface area contributed by atoms with Gasteiger partial charge in [-0.1, -0.05) is 51.1 Å². The number of phenols is 1. The number of carbonyl (C=O) groups excluding carboxylic acids is 4. The van der Waals surface area contributed by atoms with Gasteiger partial charge in [-0.15, -0.1) is 0 Å². The zero-order valence-corrected chi connectivity index (χ0v) is 27.7. The lowest BCUT2D eigenvalue weighted by atomic mass is 9.59. The number of benzene rings is 2. The predicted octanol–water partition coefficient (Wildman–Crippen LogP) is 3.83. The van der Waals surface area contributed by atoms with Crippen LogP contribution in [0.3, 0.4) is 0 Å². The van der Waals surface area contributed by atoms with Crippen LogP contribution in [-0.2, 0) is 35.0 Å². The van der Waals surface area contributed by atoms with Gasteiger partial charge in [-0.05, 0) is 48.4 Å². The molecule has 6 rings (SSSR count). The number of phenolic OH excluding ortho intramolecular Hbond substituents is 1. The van der Waals surface area contributed by atoms with Crippen molar-refractivity contribution < 1.29 is 53.4 Å². The second-order valence-corrected chi connectivity index (χ2v) is 14.0. The van der Waals surface area contributed by atoms with Crippen LogP contribution in [0.25, 0.3) is 0 Å². The highest BCUT2D eigenvalue weighted by atomic mass is 16.6. The van der Waals surface area contributed by atoms with Gasteiger partial charge in [0.25, 0.3) is 0 Å². The van der Waals surface area contributed by atoms with E-state index in [-0.39, 0.29) is 34.8 Å². The van der Waals surface area contributed by atoms with Crippen LogP contribution in [0.1, 0.15) is 57.0 Å². The summed E-state index contributed by atoms with van der Waals surface area (Å²) in [6, 6.07) is 12.7. The lowest BCUT2D eigenvalue weighted by Crippen LogP contribution is -2.66. The summed E-state index contributed by atoms with van der Waals surface area (Å²) in [7, 11) is 1.38. The highest BCUT2D eigenvalue weighted by Gasteiger charge is 2.88. The molecule has 0 saturated heterocycles. The number of fused-ring (bicyclic) bond motifs is 5. The van der Waals surface area contributed by atoms with Crippen molar-refractivity contribution in [1.29, 1.82) is 0 Å². The molecule has 2 aromatic rings. The minimum absolute atomic E-state index is 0.0260. The molecule has 4 aliphatic carbocycles. The van der Waals surface area contributed by atoms with Gasteiger partial charge in [0.15, 0.2) is 22.9 Å². The summed E-state index contributed by atoms with van der Waals surface area (Å²) < 4.78 is 23.2. The van der Waals surface area contributed by atoms with Crippen LogP contribution in [0.15, 0.2) is 72.0 Å². The first-order valence-electron chi connectivity index (χ1n) is 15.9. The number of hydrogen-bond acceptors (Lipinski definition) is 11. The third-order valence-corrected chi connectivity index (χ3v) is 11.0. The molecule has 0 bridgehead atoms. The van der Waals surface area contributed by atoms with Crippen molar-refractivity contribution in [1.82, 2.24) is 0 Å². The Bertz CT molecular complexity index is 1760. The van der Waals surface area contributed by atoms with Gasteiger partial charge in [0.1, 0.15) is 17.5 Å². The number of ether oxygens (including phenoxy) is 4. The molecule has 0 unspecified atom stereocenters. The molecule has 2 saturated carbocycles. The summed E-state index contributed by atoms with van der Waals surface area (Å²) >= 11 is 0. The van der Waals surface area contributed by atoms with E-state index >= 15 is 0 Å². The Morgan fingerprint density at radius 2 is 1.71 bits per heavy atom. The van der Waals surface area contributed by atoms with E-state index in [0.29, 0.717) is 5.56 Å². The molecule has 2 aromatic carbocycles. The van der Waals surface area contributed by atoms with Crippen LogP contribution >= 0.6 is 0 Å². The molecule has 0 spiro atoms. The number of aliphatic hydroxyl groups is 2. The van der Waals surface area contributed by atoms with E-state index in [1.165, 1.54) is 38.3 Å². The fraction of sp³-hybridized carbons (Fsp3) is 0.459. The van der Waals surface area contributed by atoms with E-state index in [1.807, 2.05) is 13.8 Å². The van der Waals surface area contributed by atoms with Gasteiger partial charge in [-0.3, -0.25) is 14.4 Å². The molecule has 4 aliphatic rings. The zero-order valence-electron chi connectivity index (χ0n) is 27.7. The standard InChI is InChI=1S/C37H40O11/c1-19-14-28-35(43,31(19)41)18-24(46-29(40)16-22-12-13-26(39)27(15-22)45-6)17-25-30-34(4,5)37(30,48-21(3)38)32(20(2)36(25,28)44)47-33(42)23-10-8-7-9-11-23/h7-15,17,20,25,28,30,32,39,43-44H,16,18H2,1-6H3/t20-,25+,28-,30-,32-,35-,36-,37-/m1/s1. The number of esters is 3. The Balaban J connectivity index is 1.44. The maximum Gasteiger partial charge on any atom is 0.338 e. The summed E-state index contributed by atoms with van der Waals surface area (Å²) in [6.07, 6.45) is 1.29. The quantitative estimate of drug-likeness (QED) is 0.292. The second-order valence-electron chi connectivity index (χ2n) is 14.0. The molecule has 0 aliphatic heterocycles. The van der Waals surface area contributed by atoms with E-state index in [2.05, 4.69) is 0 Å². The normalized spacial score (nSPS) is 34.2. The van der Waals surface area contributed by atoms with Crippen molar-refractivity contribution in [3.8, 4) is 11.5 Å². The van der Waals surface area contributed by atoms with E-state index in [1.54, 1.807) is 50.3 Å². The van der Waals surface area contributed by atoms with Gasteiger partial charge < -0.3 is 34.3 Å². The summed E-state index contributed by atoms with van der Waals surface area (Å²) in [5, 5.41) is 35.1. The molecule has 11 nitrogen and oxygen atoms in total. The van der Waals surface area contributed by atoms with Crippen molar-refractivity contribution in [3.05, 3.63) is 83.1 Å². The minimum atomic E-state index is -2.19. The van der Waals surface area contributed by atoms with E-state index in [0.717, 1.165) is 0 Å². The Kier molecular flexibility index (Phi) is 7.87.